The molecule has 32 heavy (non-hydrogen) atoms. The zero-order valence-electron chi connectivity index (χ0n) is 17.9. The Morgan fingerprint density at radius 2 is 1.59 bits per heavy atom. The van der Waals surface area contributed by atoms with Crippen LogP contribution in [0.2, 0.25) is 0 Å². The summed E-state index contributed by atoms with van der Waals surface area (Å²) in [5.41, 5.74) is 2.78. The lowest BCUT2D eigenvalue weighted by molar-refractivity contribution is -0.120. The second-order valence-corrected chi connectivity index (χ2v) is 7.47. The maximum atomic E-state index is 13.5. The number of carbonyl (C=O) groups is 2. The summed E-state index contributed by atoms with van der Waals surface area (Å²) in [4.78, 5) is 29.9. The lowest BCUT2D eigenvalue weighted by atomic mass is 10.0. The molecular formula is C25H22FN3O3. The number of nitrogens with one attached hydrogen (secondary N) is 1. The first kappa shape index (κ1) is 21.1. The third kappa shape index (κ3) is 3.92. The fraction of sp³-hybridized carbons (Fsp3) is 0.120. The first-order valence-corrected chi connectivity index (χ1v) is 9.96. The molecule has 4 rings (SSSR count). The molecule has 1 N–H and O–H groups in total. The number of hydrogen-bond acceptors (Lipinski definition) is 5. The minimum atomic E-state index is -0.501. The number of benzene rings is 3. The van der Waals surface area contributed by atoms with E-state index >= 15 is 0 Å². The van der Waals surface area contributed by atoms with Crippen LogP contribution in [0.25, 0.3) is 5.57 Å². The molecule has 1 aliphatic heterocycles. The molecule has 0 saturated heterocycles. The van der Waals surface area contributed by atoms with Crippen molar-refractivity contribution < 1.29 is 18.7 Å². The predicted octanol–water partition coefficient (Wildman–Crippen LogP) is 4.30. The summed E-state index contributed by atoms with van der Waals surface area (Å²) >= 11 is 0. The Kier molecular flexibility index (Phi) is 5.64. The average Bonchev–Trinajstić information content (AvgIpc) is 3.04. The molecule has 6 nitrogen and oxygen atoms in total. The highest BCUT2D eigenvalue weighted by Crippen LogP contribution is 2.35. The van der Waals surface area contributed by atoms with E-state index in [4.69, 9.17) is 4.74 Å². The molecule has 0 aromatic heterocycles. The van der Waals surface area contributed by atoms with E-state index < -0.39 is 17.6 Å². The van der Waals surface area contributed by atoms with Crippen LogP contribution in [-0.4, -0.2) is 33.0 Å². The minimum Gasteiger partial charge on any atom is -0.497 e. The summed E-state index contributed by atoms with van der Waals surface area (Å²) in [7, 11) is 5.38. The summed E-state index contributed by atoms with van der Waals surface area (Å²) in [5, 5.41) is 3.10. The Balaban J connectivity index is 1.78. The van der Waals surface area contributed by atoms with Crippen LogP contribution in [0.15, 0.2) is 78.5 Å². The summed E-state index contributed by atoms with van der Waals surface area (Å²) < 4.78 is 18.7. The largest absolute Gasteiger partial charge is 0.497 e. The SMILES string of the molecule is COc1cccc(N2C(=O)C(Nc3ccc(N(C)C)cc3)=C(c3ccc(F)cc3)C2=O)c1. The van der Waals surface area contributed by atoms with E-state index in [1.807, 2.05) is 43.3 Å². The summed E-state index contributed by atoms with van der Waals surface area (Å²) in [5.74, 6) is -0.904. The fourth-order valence-electron chi connectivity index (χ4n) is 3.50. The number of rotatable bonds is 6. The molecule has 0 bridgehead atoms. The van der Waals surface area contributed by atoms with Crippen LogP contribution in [0.5, 0.6) is 5.75 Å². The molecule has 3 aromatic rings. The third-order valence-corrected chi connectivity index (χ3v) is 5.18. The van der Waals surface area contributed by atoms with Crippen molar-refractivity contribution in [3.63, 3.8) is 0 Å². The predicted molar refractivity (Wildman–Crippen MR) is 123 cm³/mol. The van der Waals surface area contributed by atoms with Gasteiger partial charge in [0.15, 0.2) is 0 Å². The van der Waals surface area contributed by atoms with Gasteiger partial charge in [-0.1, -0.05) is 18.2 Å². The zero-order chi connectivity index (χ0) is 22.8. The highest BCUT2D eigenvalue weighted by Gasteiger charge is 2.40. The molecule has 2 amide bonds. The van der Waals surface area contributed by atoms with Crippen LogP contribution in [-0.2, 0) is 9.59 Å². The number of methoxy groups -OCH3 is 1. The molecule has 0 radical (unpaired) electrons. The highest BCUT2D eigenvalue weighted by molar-refractivity contribution is 6.46. The van der Waals surface area contributed by atoms with E-state index in [2.05, 4.69) is 5.32 Å². The molecule has 0 fully saturated rings. The molecule has 1 heterocycles. The maximum absolute atomic E-state index is 13.5. The first-order chi connectivity index (χ1) is 15.4. The number of hydrogen-bond donors (Lipinski definition) is 1. The monoisotopic (exact) mass is 431 g/mol. The average molecular weight is 431 g/mol. The molecule has 0 aliphatic carbocycles. The van der Waals surface area contributed by atoms with Crippen LogP contribution in [0.3, 0.4) is 0 Å². The van der Waals surface area contributed by atoms with Crippen LogP contribution in [0, 0.1) is 5.82 Å². The van der Waals surface area contributed by atoms with Crippen molar-refractivity contribution >= 4 is 34.4 Å². The molecule has 0 unspecified atom stereocenters. The Bertz CT molecular complexity index is 1200. The molecular weight excluding hydrogens is 409 g/mol. The lowest BCUT2D eigenvalue weighted by Crippen LogP contribution is -2.32. The zero-order valence-corrected chi connectivity index (χ0v) is 17.9. The second-order valence-electron chi connectivity index (χ2n) is 7.47. The van der Waals surface area contributed by atoms with Gasteiger partial charge in [0.2, 0.25) is 0 Å². The summed E-state index contributed by atoms with van der Waals surface area (Å²) in [6, 6.07) is 19.7. The number of halogens is 1. The fourth-order valence-corrected chi connectivity index (χ4v) is 3.50. The normalized spacial score (nSPS) is 13.6. The van der Waals surface area contributed by atoms with E-state index in [1.54, 1.807) is 24.3 Å². The van der Waals surface area contributed by atoms with Crippen LogP contribution in [0.1, 0.15) is 5.56 Å². The van der Waals surface area contributed by atoms with Crippen molar-refractivity contribution in [3.05, 3.63) is 89.9 Å². The quantitative estimate of drug-likeness (QED) is 0.590. The number of anilines is 3. The van der Waals surface area contributed by atoms with Gasteiger partial charge in [-0.3, -0.25) is 9.59 Å². The standard InChI is InChI=1S/C25H22FN3O3/c1-28(2)19-13-11-18(12-14-19)27-23-22(16-7-9-17(26)10-8-16)24(30)29(25(23)31)20-5-4-6-21(15-20)32-3/h4-15,27H,1-3H3. The van der Waals surface area contributed by atoms with Crippen molar-refractivity contribution in [1.29, 1.82) is 0 Å². The van der Waals surface area contributed by atoms with Crippen molar-refractivity contribution in [2.45, 2.75) is 0 Å². The van der Waals surface area contributed by atoms with Gasteiger partial charge in [0.1, 0.15) is 17.3 Å². The van der Waals surface area contributed by atoms with Gasteiger partial charge in [0.05, 0.1) is 18.4 Å². The van der Waals surface area contributed by atoms with E-state index in [9.17, 15) is 14.0 Å². The van der Waals surface area contributed by atoms with Crippen molar-refractivity contribution in [1.82, 2.24) is 0 Å². The van der Waals surface area contributed by atoms with Crippen LogP contribution >= 0.6 is 0 Å². The van der Waals surface area contributed by atoms with Gasteiger partial charge >= 0.3 is 0 Å². The van der Waals surface area contributed by atoms with Gasteiger partial charge < -0.3 is 15.0 Å². The first-order valence-electron chi connectivity index (χ1n) is 9.96. The molecule has 0 saturated carbocycles. The lowest BCUT2D eigenvalue weighted by Gasteiger charge is -2.16. The smallest absolute Gasteiger partial charge is 0.282 e. The Morgan fingerprint density at radius 3 is 2.22 bits per heavy atom. The van der Waals surface area contributed by atoms with Gasteiger partial charge in [-0.15, -0.1) is 0 Å². The number of carbonyl (C=O) groups excluding carboxylic acids is 2. The maximum Gasteiger partial charge on any atom is 0.282 e. The van der Waals surface area contributed by atoms with Crippen LogP contribution in [0.4, 0.5) is 21.5 Å². The molecule has 3 aromatic carbocycles. The second kappa shape index (κ2) is 8.55. The number of amides is 2. The molecule has 0 atom stereocenters. The van der Waals surface area contributed by atoms with Crippen molar-refractivity contribution in [2.24, 2.45) is 0 Å². The van der Waals surface area contributed by atoms with Gasteiger partial charge in [0.25, 0.3) is 11.8 Å². The van der Waals surface area contributed by atoms with Crippen molar-refractivity contribution in [3.8, 4) is 5.75 Å². The number of nitrogens with zero attached hydrogens (tertiary/aromatic N) is 2. The number of ether oxygens (including phenoxy) is 1. The van der Waals surface area contributed by atoms with Crippen molar-refractivity contribution in [2.75, 3.05) is 36.3 Å². The van der Waals surface area contributed by atoms with Gasteiger partial charge in [-0.05, 0) is 54.1 Å². The van der Waals surface area contributed by atoms with E-state index in [0.717, 1.165) is 10.6 Å². The Morgan fingerprint density at radius 1 is 0.906 bits per heavy atom. The van der Waals surface area contributed by atoms with Gasteiger partial charge in [-0.2, -0.15) is 0 Å². The summed E-state index contributed by atoms with van der Waals surface area (Å²) in [6.07, 6.45) is 0. The van der Waals surface area contributed by atoms with E-state index in [-0.39, 0.29) is 11.3 Å². The molecule has 0 spiro atoms. The van der Waals surface area contributed by atoms with Gasteiger partial charge in [-0.25, -0.2) is 9.29 Å². The number of imide groups is 1. The molecule has 1 aliphatic rings. The topological polar surface area (TPSA) is 61.9 Å². The summed E-state index contributed by atoms with van der Waals surface area (Å²) in [6.45, 7) is 0. The van der Waals surface area contributed by atoms with E-state index in [1.165, 1.54) is 31.4 Å². The Labute approximate surface area is 185 Å². The molecule has 7 heteroatoms. The third-order valence-electron chi connectivity index (χ3n) is 5.18. The Hall–Kier alpha value is -4.13. The minimum absolute atomic E-state index is 0.127. The highest BCUT2D eigenvalue weighted by atomic mass is 19.1. The van der Waals surface area contributed by atoms with Crippen LogP contribution < -0.4 is 19.9 Å². The molecule has 162 valence electrons. The van der Waals surface area contributed by atoms with Gasteiger partial charge in [0, 0.05) is 31.5 Å². The van der Waals surface area contributed by atoms with E-state index in [0.29, 0.717) is 22.7 Å².